The standard InChI is InChI=1S/C11H14N2O3/c1-7-4-8(2-3-12-7)11(16)13-5-9(14)10(15)6-13/h2-4,9-10,14-15H,5-6H2,1H3/t9-,10+. The first kappa shape index (κ1) is 11.0. The number of rotatable bonds is 1. The lowest BCUT2D eigenvalue weighted by molar-refractivity contribution is 0.0572. The zero-order valence-corrected chi connectivity index (χ0v) is 9.00. The first-order valence-electron chi connectivity index (χ1n) is 5.16. The van der Waals surface area contributed by atoms with Crippen molar-refractivity contribution in [2.75, 3.05) is 13.1 Å². The van der Waals surface area contributed by atoms with Gasteiger partial charge in [-0.25, -0.2) is 0 Å². The molecule has 1 saturated heterocycles. The van der Waals surface area contributed by atoms with Gasteiger partial charge in [-0.05, 0) is 19.1 Å². The molecule has 5 heteroatoms. The Kier molecular flexibility index (Phi) is 2.89. The Morgan fingerprint density at radius 1 is 1.44 bits per heavy atom. The number of likely N-dealkylation sites (tertiary alicyclic amines) is 1. The lowest BCUT2D eigenvalue weighted by atomic mass is 10.2. The van der Waals surface area contributed by atoms with E-state index in [0.29, 0.717) is 5.56 Å². The van der Waals surface area contributed by atoms with Gasteiger partial charge in [0.15, 0.2) is 0 Å². The molecule has 2 N–H and O–H groups in total. The molecule has 0 spiro atoms. The van der Waals surface area contributed by atoms with Gasteiger partial charge in [0.05, 0.1) is 12.2 Å². The summed E-state index contributed by atoms with van der Waals surface area (Å²) in [6.07, 6.45) is -0.107. The highest BCUT2D eigenvalue weighted by molar-refractivity contribution is 5.94. The maximum absolute atomic E-state index is 12.0. The Labute approximate surface area is 93.3 Å². The third-order valence-corrected chi connectivity index (χ3v) is 2.69. The fourth-order valence-electron chi connectivity index (χ4n) is 1.80. The van der Waals surface area contributed by atoms with Crippen LogP contribution in [0.3, 0.4) is 0 Å². The number of aryl methyl sites for hydroxylation is 1. The lowest BCUT2D eigenvalue weighted by Crippen LogP contribution is -2.29. The molecule has 1 aromatic heterocycles. The number of amides is 1. The zero-order valence-electron chi connectivity index (χ0n) is 9.00. The average Bonchev–Trinajstić information content (AvgIpc) is 2.58. The molecule has 86 valence electrons. The summed E-state index contributed by atoms with van der Waals surface area (Å²) < 4.78 is 0. The maximum atomic E-state index is 12.0. The van der Waals surface area contributed by atoms with Gasteiger partial charge in [-0.1, -0.05) is 0 Å². The molecule has 2 rings (SSSR count). The molecule has 0 aliphatic carbocycles. The van der Waals surface area contributed by atoms with Gasteiger partial charge in [0.25, 0.3) is 5.91 Å². The summed E-state index contributed by atoms with van der Waals surface area (Å²) in [6, 6.07) is 3.33. The van der Waals surface area contributed by atoms with Gasteiger partial charge in [-0.2, -0.15) is 0 Å². The quantitative estimate of drug-likeness (QED) is 0.676. The molecule has 5 nitrogen and oxygen atoms in total. The van der Waals surface area contributed by atoms with Crippen molar-refractivity contribution < 1.29 is 15.0 Å². The summed E-state index contributed by atoms with van der Waals surface area (Å²) in [6.45, 7) is 2.17. The Bertz CT molecular complexity index is 398. The second kappa shape index (κ2) is 4.19. The monoisotopic (exact) mass is 222 g/mol. The topological polar surface area (TPSA) is 73.7 Å². The number of pyridine rings is 1. The molecule has 0 aromatic carbocycles. The molecular weight excluding hydrogens is 208 g/mol. The van der Waals surface area contributed by atoms with Crippen LogP contribution >= 0.6 is 0 Å². The Hall–Kier alpha value is -1.46. The Balaban J connectivity index is 2.14. The van der Waals surface area contributed by atoms with E-state index in [1.807, 2.05) is 6.92 Å². The van der Waals surface area contributed by atoms with Crippen molar-refractivity contribution in [3.05, 3.63) is 29.6 Å². The van der Waals surface area contributed by atoms with Crippen molar-refractivity contribution in [3.63, 3.8) is 0 Å². The van der Waals surface area contributed by atoms with E-state index in [1.54, 1.807) is 18.3 Å². The van der Waals surface area contributed by atoms with Crippen LogP contribution in [0.4, 0.5) is 0 Å². The molecule has 0 bridgehead atoms. The van der Waals surface area contributed by atoms with Crippen molar-refractivity contribution in [1.29, 1.82) is 0 Å². The molecule has 2 heterocycles. The predicted octanol–water partition coefficient (Wildman–Crippen LogP) is -0.432. The number of aliphatic hydroxyl groups is 2. The number of hydrogen-bond acceptors (Lipinski definition) is 4. The van der Waals surface area contributed by atoms with Crippen LogP contribution in [0.25, 0.3) is 0 Å². The van der Waals surface area contributed by atoms with Gasteiger partial charge in [0.2, 0.25) is 0 Å². The summed E-state index contributed by atoms with van der Waals surface area (Å²) in [5, 5.41) is 18.7. The van der Waals surface area contributed by atoms with Gasteiger partial charge in [0, 0.05) is 30.5 Å². The third kappa shape index (κ3) is 2.05. The molecule has 1 aliphatic rings. The molecule has 0 saturated carbocycles. The van der Waals surface area contributed by atoms with Gasteiger partial charge in [-0.3, -0.25) is 9.78 Å². The third-order valence-electron chi connectivity index (χ3n) is 2.69. The van der Waals surface area contributed by atoms with Crippen LogP contribution in [0.2, 0.25) is 0 Å². The van der Waals surface area contributed by atoms with E-state index in [1.165, 1.54) is 4.90 Å². The van der Waals surface area contributed by atoms with E-state index in [9.17, 15) is 15.0 Å². The fraction of sp³-hybridized carbons (Fsp3) is 0.455. The molecule has 16 heavy (non-hydrogen) atoms. The van der Waals surface area contributed by atoms with Crippen molar-refractivity contribution in [2.24, 2.45) is 0 Å². The van der Waals surface area contributed by atoms with Crippen LogP contribution in [0.5, 0.6) is 0 Å². The van der Waals surface area contributed by atoms with Crippen molar-refractivity contribution in [3.8, 4) is 0 Å². The number of carbonyl (C=O) groups is 1. The van der Waals surface area contributed by atoms with Crippen LogP contribution in [0.1, 0.15) is 16.1 Å². The minimum absolute atomic E-state index is 0.180. The number of aliphatic hydroxyl groups excluding tert-OH is 2. The fourth-order valence-corrected chi connectivity index (χ4v) is 1.80. The number of hydrogen-bond donors (Lipinski definition) is 2. The van der Waals surface area contributed by atoms with E-state index in [-0.39, 0.29) is 19.0 Å². The summed E-state index contributed by atoms with van der Waals surface area (Å²) >= 11 is 0. The SMILES string of the molecule is Cc1cc(C(=O)N2C[C@@H](O)[C@@H](O)C2)ccn1. The average molecular weight is 222 g/mol. The molecule has 1 amide bonds. The molecule has 1 aromatic rings. The number of aromatic nitrogens is 1. The van der Waals surface area contributed by atoms with Gasteiger partial charge >= 0.3 is 0 Å². The summed E-state index contributed by atoms with van der Waals surface area (Å²) in [5.41, 5.74) is 1.31. The number of β-amino-alcohol motifs (C(OH)–C–C–N with tert-alkyl or cyclic N) is 2. The van der Waals surface area contributed by atoms with E-state index in [4.69, 9.17) is 0 Å². The number of nitrogens with zero attached hydrogens (tertiary/aromatic N) is 2. The van der Waals surface area contributed by atoms with E-state index >= 15 is 0 Å². The number of carbonyl (C=O) groups excluding carboxylic acids is 1. The van der Waals surface area contributed by atoms with Crippen LogP contribution in [0.15, 0.2) is 18.3 Å². The lowest BCUT2D eigenvalue weighted by Gasteiger charge is -2.15. The van der Waals surface area contributed by atoms with Crippen LogP contribution < -0.4 is 0 Å². The largest absolute Gasteiger partial charge is 0.388 e. The highest BCUT2D eigenvalue weighted by Crippen LogP contribution is 2.14. The van der Waals surface area contributed by atoms with Crippen molar-refractivity contribution >= 4 is 5.91 Å². The van der Waals surface area contributed by atoms with Gasteiger partial charge in [0.1, 0.15) is 0 Å². The minimum atomic E-state index is -0.841. The van der Waals surface area contributed by atoms with Gasteiger partial charge in [-0.15, -0.1) is 0 Å². The van der Waals surface area contributed by atoms with Crippen LogP contribution in [0, 0.1) is 6.92 Å². The summed E-state index contributed by atoms with van der Waals surface area (Å²) in [5.74, 6) is -0.180. The highest BCUT2D eigenvalue weighted by Gasteiger charge is 2.32. The first-order valence-corrected chi connectivity index (χ1v) is 5.16. The second-order valence-corrected chi connectivity index (χ2v) is 4.03. The smallest absolute Gasteiger partial charge is 0.254 e. The predicted molar refractivity (Wildman–Crippen MR) is 56.9 cm³/mol. The Morgan fingerprint density at radius 2 is 2.06 bits per heavy atom. The van der Waals surface area contributed by atoms with Gasteiger partial charge < -0.3 is 15.1 Å². The molecule has 0 radical (unpaired) electrons. The summed E-state index contributed by atoms with van der Waals surface area (Å²) in [7, 11) is 0. The Morgan fingerprint density at radius 3 is 2.62 bits per heavy atom. The van der Waals surface area contributed by atoms with Crippen LogP contribution in [-0.4, -0.2) is 51.3 Å². The molecule has 1 aliphatic heterocycles. The van der Waals surface area contributed by atoms with Crippen molar-refractivity contribution in [2.45, 2.75) is 19.1 Å². The van der Waals surface area contributed by atoms with E-state index < -0.39 is 12.2 Å². The molecule has 2 atom stereocenters. The van der Waals surface area contributed by atoms with Crippen LogP contribution in [-0.2, 0) is 0 Å². The highest BCUT2D eigenvalue weighted by atomic mass is 16.3. The first-order chi connectivity index (χ1) is 7.58. The minimum Gasteiger partial charge on any atom is -0.388 e. The van der Waals surface area contributed by atoms with E-state index in [0.717, 1.165) is 5.69 Å². The van der Waals surface area contributed by atoms with E-state index in [2.05, 4.69) is 4.98 Å². The second-order valence-electron chi connectivity index (χ2n) is 4.03. The normalized spacial score (nSPS) is 24.8. The summed E-state index contributed by atoms with van der Waals surface area (Å²) in [4.78, 5) is 17.4. The molecule has 0 unspecified atom stereocenters. The molecule has 1 fully saturated rings. The zero-order chi connectivity index (χ0) is 11.7. The molecular formula is C11H14N2O3. The maximum Gasteiger partial charge on any atom is 0.254 e. The van der Waals surface area contributed by atoms with Crippen molar-refractivity contribution in [1.82, 2.24) is 9.88 Å².